The van der Waals surface area contributed by atoms with Crippen LogP contribution in [0.15, 0.2) is 18.2 Å². The molecule has 0 N–H and O–H groups in total. The second-order valence-electron chi connectivity index (χ2n) is 3.47. The van der Waals surface area contributed by atoms with Gasteiger partial charge in [-0.15, -0.1) is 0 Å². The number of ether oxygens (including phenoxy) is 2. The fourth-order valence-electron chi connectivity index (χ4n) is 1.28. The fraction of sp³-hybridized carbons (Fsp3) is 0.400. The molecule has 1 aliphatic heterocycles. The molecular weight excluding hydrogens is 198 g/mol. The average Bonchev–Trinajstić information content (AvgIpc) is 2.97. The minimum absolute atomic E-state index is 0.116. The van der Waals surface area contributed by atoms with E-state index in [1.165, 1.54) is 6.07 Å². The molecule has 1 atom stereocenters. The Morgan fingerprint density at radius 3 is 2.93 bits per heavy atom. The summed E-state index contributed by atoms with van der Waals surface area (Å²) in [6.07, 6.45) is 0.195. The van der Waals surface area contributed by atoms with Crippen LogP contribution in [0.25, 0.3) is 0 Å². The van der Waals surface area contributed by atoms with Gasteiger partial charge < -0.3 is 9.47 Å². The predicted molar refractivity (Wildman–Crippen MR) is 53.1 cm³/mol. The highest BCUT2D eigenvalue weighted by Gasteiger charge is 2.23. The Morgan fingerprint density at radius 2 is 2.40 bits per heavy atom. The number of benzene rings is 1. The van der Waals surface area contributed by atoms with Crippen molar-refractivity contribution in [1.29, 1.82) is 0 Å². The molecule has 0 spiro atoms. The summed E-state index contributed by atoms with van der Waals surface area (Å²) in [5, 5.41) is 10.6. The first kappa shape index (κ1) is 9.92. The molecule has 1 aliphatic rings. The highest BCUT2D eigenvalue weighted by Crippen LogP contribution is 2.23. The van der Waals surface area contributed by atoms with Crippen molar-refractivity contribution >= 4 is 5.69 Å². The Labute approximate surface area is 86.8 Å². The van der Waals surface area contributed by atoms with E-state index in [2.05, 4.69) is 0 Å². The molecule has 1 aromatic rings. The van der Waals surface area contributed by atoms with Crippen molar-refractivity contribution in [3.05, 3.63) is 33.9 Å². The molecule has 0 aromatic heterocycles. The average molecular weight is 209 g/mol. The van der Waals surface area contributed by atoms with Crippen molar-refractivity contribution < 1.29 is 14.4 Å². The van der Waals surface area contributed by atoms with E-state index in [9.17, 15) is 10.1 Å². The highest BCUT2D eigenvalue weighted by molar-refractivity contribution is 5.44. The van der Waals surface area contributed by atoms with Gasteiger partial charge in [-0.25, -0.2) is 0 Å². The third kappa shape index (κ3) is 2.44. The third-order valence-corrected chi connectivity index (χ3v) is 2.20. The van der Waals surface area contributed by atoms with Gasteiger partial charge in [0, 0.05) is 11.6 Å². The number of rotatable bonds is 4. The van der Waals surface area contributed by atoms with Gasteiger partial charge >= 0.3 is 0 Å². The summed E-state index contributed by atoms with van der Waals surface area (Å²) in [4.78, 5) is 10.2. The summed E-state index contributed by atoms with van der Waals surface area (Å²) in [6.45, 7) is 2.95. The van der Waals surface area contributed by atoms with E-state index >= 15 is 0 Å². The van der Waals surface area contributed by atoms with Crippen molar-refractivity contribution in [2.45, 2.75) is 13.0 Å². The van der Waals surface area contributed by atoms with Crippen LogP contribution in [-0.4, -0.2) is 24.2 Å². The minimum Gasteiger partial charge on any atom is -0.491 e. The van der Waals surface area contributed by atoms with E-state index in [1.54, 1.807) is 19.1 Å². The summed E-state index contributed by atoms with van der Waals surface area (Å²) in [7, 11) is 0. The first-order valence-corrected chi connectivity index (χ1v) is 4.66. The van der Waals surface area contributed by atoms with Gasteiger partial charge in [-0.05, 0) is 19.1 Å². The van der Waals surface area contributed by atoms with Crippen LogP contribution in [0, 0.1) is 17.0 Å². The topological polar surface area (TPSA) is 64.9 Å². The molecule has 0 unspecified atom stereocenters. The Bertz CT molecular complexity index is 387. The summed E-state index contributed by atoms with van der Waals surface area (Å²) in [6, 6.07) is 4.73. The molecule has 0 saturated carbocycles. The maximum Gasteiger partial charge on any atom is 0.272 e. The monoisotopic (exact) mass is 209 g/mol. The lowest BCUT2D eigenvalue weighted by molar-refractivity contribution is -0.385. The van der Waals surface area contributed by atoms with Crippen molar-refractivity contribution in [2.24, 2.45) is 0 Å². The molecule has 15 heavy (non-hydrogen) atoms. The smallest absolute Gasteiger partial charge is 0.272 e. The Kier molecular flexibility index (Phi) is 2.55. The molecule has 0 radical (unpaired) electrons. The molecule has 0 aliphatic carbocycles. The minimum atomic E-state index is -0.400. The standard InChI is InChI=1S/C10H11NO4/c1-7-4-8(14-5-9-6-15-9)2-3-10(7)11(12)13/h2-4,9H,5-6H2,1H3/t9-/m1/s1. The zero-order chi connectivity index (χ0) is 10.8. The number of nitro benzene ring substituents is 1. The molecule has 1 heterocycles. The van der Waals surface area contributed by atoms with E-state index in [1.807, 2.05) is 0 Å². The fourth-order valence-corrected chi connectivity index (χ4v) is 1.28. The second kappa shape index (κ2) is 3.86. The maximum atomic E-state index is 10.6. The molecule has 1 aromatic carbocycles. The van der Waals surface area contributed by atoms with Crippen LogP contribution >= 0.6 is 0 Å². The van der Waals surface area contributed by atoms with E-state index in [4.69, 9.17) is 9.47 Å². The number of epoxide rings is 1. The van der Waals surface area contributed by atoms with Crippen LogP contribution in [0.2, 0.25) is 0 Å². The van der Waals surface area contributed by atoms with Crippen molar-refractivity contribution in [1.82, 2.24) is 0 Å². The number of hydrogen-bond donors (Lipinski definition) is 0. The van der Waals surface area contributed by atoms with Gasteiger partial charge in [0.15, 0.2) is 0 Å². The predicted octanol–water partition coefficient (Wildman–Crippen LogP) is 1.68. The second-order valence-corrected chi connectivity index (χ2v) is 3.47. The number of aryl methyl sites for hydroxylation is 1. The van der Waals surface area contributed by atoms with Crippen LogP contribution in [-0.2, 0) is 4.74 Å². The molecule has 5 nitrogen and oxygen atoms in total. The SMILES string of the molecule is Cc1cc(OC[C@@H]2CO2)ccc1[N+](=O)[O-]. The summed E-state index contributed by atoms with van der Waals surface area (Å²) < 4.78 is 10.4. The van der Waals surface area contributed by atoms with Crippen LogP contribution in [0.3, 0.4) is 0 Å². The van der Waals surface area contributed by atoms with Gasteiger partial charge in [-0.2, -0.15) is 0 Å². The molecular formula is C10H11NO4. The Balaban J connectivity index is 2.06. The van der Waals surface area contributed by atoms with Gasteiger partial charge in [0.2, 0.25) is 0 Å². The highest BCUT2D eigenvalue weighted by atomic mass is 16.6. The van der Waals surface area contributed by atoms with Crippen LogP contribution in [0.4, 0.5) is 5.69 Å². The summed E-state index contributed by atoms with van der Waals surface area (Å²) in [5.41, 5.74) is 0.722. The first-order valence-electron chi connectivity index (χ1n) is 4.66. The van der Waals surface area contributed by atoms with Gasteiger partial charge in [0.25, 0.3) is 5.69 Å². The van der Waals surface area contributed by atoms with E-state index in [0.717, 1.165) is 6.61 Å². The first-order chi connectivity index (χ1) is 7.16. The lowest BCUT2D eigenvalue weighted by Crippen LogP contribution is -2.04. The van der Waals surface area contributed by atoms with Gasteiger partial charge in [-0.3, -0.25) is 10.1 Å². The Hall–Kier alpha value is -1.62. The zero-order valence-corrected chi connectivity index (χ0v) is 8.30. The molecule has 0 amide bonds. The van der Waals surface area contributed by atoms with Crippen molar-refractivity contribution in [3.8, 4) is 5.75 Å². The van der Waals surface area contributed by atoms with Crippen LogP contribution < -0.4 is 4.74 Å². The third-order valence-electron chi connectivity index (χ3n) is 2.20. The van der Waals surface area contributed by atoms with Gasteiger partial charge in [0.05, 0.1) is 11.5 Å². The molecule has 80 valence electrons. The molecule has 1 saturated heterocycles. The normalized spacial score (nSPS) is 18.6. The Morgan fingerprint density at radius 1 is 1.67 bits per heavy atom. The number of nitrogens with zero attached hydrogens (tertiary/aromatic N) is 1. The number of hydrogen-bond acceptors (Lipinski definition) is 4. The number of nitro groups is 1. The van der Waals surface area contributed by atoms with Crippen LogP contribution in [0.5, 0.6) is 5.75 Å². The lowest BCUT2D eigenvalue weighted by Gasteiger charge is -2.04. The maximum absolute atomic E-state index is 10.6. The van der Waals surface area contributed by atoms with Crippen LogP contribution in [0.1, 0.15) is 5.56 Å². The van der Waals surface area contributed by atoms with Gasteiger partial charge in [0.1, 0.15) is 18.5 Å². The van der Waals surface area contributed by atoms with Crippen molar-refractivity contribution in [2.75, 3.05) is 13.2 Å². The van der Waals surface area contributed by atoms with E-state index in [-0.39, 0.29) is 11.8 Å². The largest absolute Gasteiger partial charge is 0.491 e. The summed E-state index contributed by atoms with van der Waals surface area (Å²) in [5.74, 6) is 0.647. The van der Waals surface area contributed by atoms with E-state index in [0.29, 0.717) is 17.9 Å². The zero-order valence-electron chi connectivity index (χ0n) is 8.30. The van der Waals surface area contributed by atoms with E-state index < -0.39 is 4.92 Å². The molecule has 5 heteroatoms. The molecule has 1 fully saturated rings. The lowest BCUT2D eigenvalue weighted by atomic mass is 10.2. The molecule has 0 bridgehead atoms. The van der Waals surface area contributed by atoms with Crippen molar-refractivity contribution in [3.63, 3.8) is 0 Å². The quantitative estimate of drug-likeness (QED) is 0.430. The summed E-state index contributed by atoms with van der Waals surface area (Å²) >= 11 is 0. The molecule has 2 rings (SSSR count). The van der Waals surface area contributed by atoms with Gasteiger partial charge in [-0.1, -0.05) is 0 Å².